The Hall–Kier alpha value is -1.94. The molecule has 1 aliphatic carbocycles. The molecule has 0 aromatic heterocycles. The highest BCUT2D eigenvalue weighted by molar-refractivity contribution is 7.80. The van der Waals surface area contributed by atoms with Crippen molar-refractivity contribution in [2.75, 3.05) is 19.4 Å². The van der Waals surface area contributed by atoms with Crippen LogP contribution in [0.15, 0.2) is 48.5 Å². The summed E-state index contributed by atoms with van der Waals surface area (Å²) in [5.41, 5.74) is 4.66. The van der Waals surface area contributed by atoms with Gasteiger partial charge in [0.25, 0.3) is 0 Å². The van der Waals surface area contributed by atoms with Crippen molar-refractivity contribution >= 4 is 18.7 Å². The van der Waals surface area contributed by atoms with E-state index in [0.717, 1.165) is 11.1 Å². The van der Waals surface area contributed by atoms with Gasteiger partial charge in [-0.2, -0.15) is 12.6 Å². The van der Waals surface area contributed by atoms with Crippen molar-refractivity contribution < 1.29 is 9.53 Å². The van der Waals surface area contributed by atoms with Crippen molar-refractivity contribution in [3.63, 3.8) is 0 Å². The van der Waals surface area contributed by atoms with Crippen LogP contribution in [0.2, 0.25) is 0 Å². The second-order valence-electron chi connectivity index (χ2n) is 4.96. The van der Waals surface area contributed by atoms with Gasteiger partial charge in [0.1, 0.15) is 0 Å². The Morgan fingerprint density at radius 3 is 2.10 bits per heavy atom. The number of methoxy groups -OCH3 is 1. The van der Waals surface area contributed by atoms with Gasteiger partial charge >= 0.3 is 6.09 Å². The van der Waals surface area contributed by atoms with Gasteiger partial charge in [0.05, 0.1) is 13.2 Å². The number of benzene rings is 2. The highest BCUT2D eigenvalue weighted by Gasteiger charge is 2.35. The van der Waals surface area contributed by atoms with Gasteiger partial charge in [-0.25, -0.2) is 4.79 Å². The minimum atomic E-state index is -0.319. The lowest BCUT2D eigenvalue weighted by atomic mass is 10.0. The van der Waals surface area contributed by atoms with Crippen molar-refractivity contribution in [2.24, 2.45) is 0 Å². The summed E-state index contributed by atoms with van der Waals surface area (Å²) in [6, 6.07) is 16.3. The molecule has 1 amide bonds. The monoisotopic (exact) mass is 299 g/mol. The molecule has 0 N–H and O–H groups in total. The first-order valence-electron chi connectivity index (χ1n) is 6.91. The predicted molar refractivity (Wildman–Crippen MR) is 86.7 cm³/mol. The van der Waals surface area contributed by atoms with E-state index in [-0.39, 0.29) is 12.1 Å². The van der Waals surface area contributed by atoms with Crippen LogP contribution in [0.4, 0.5) is 4.79 Å². The SMILES string of the molecule is COC(=O)N(CCS)C1c2ccccc2-c2ccccc21. The van der Waals surface area contributed by atoms with Gasteiger partial charge in [0.15, 0.2) is 0 Å². The Bertz CT molecular complexity index is 626. The lowest BCUT2D eigenvalue weighted by molar-refractivity contribution is 0.116. The molecule has 0 bridgehead atoms. The van der Waals surface area contributed by atoms with Crippen LogP contribution in [0.3, 0.4) is 0 Å². The molecule has 0 fully saturated rings. The average molecular weight is 299 g/mol. The van der Waals surface area contributed by atoms with E-state index in [2.05, 4.69) is 36.9 Å². The molecule has 0 heterocycles. The van der Waals surface area contributed by atoms with E-state index in [1.54, 1.807) is 4.90 Å². The first kappa shape index (κ1) is 14.0. The van der Waals surface area contributed by atoms with E-state index in [9.17, 15) is 4.79 Å². The van der Waals surface area contributed by atoms with Gasteiger partial charge in [-0.3, -0.25) is 4.90 Å². The highest BCUT2D eigenvalue weighted by atomic mass is 32.1. The summed E-state index contributed by atoms with van der Waals surface area (Å²) >= 11 is 4.28. The molecule has 0 saturated carbocycles. The Labute approximate surface area is 129 Å². The molecule has 0 atom stereocenters. The zero-order valence-electron chi connectivity index (χ0n) is 11.8. The van der Waals surface area contributed by atoms with Gasteiger partial charge in [-0.05, 0) is 22.3 Å². The predicted octanol–water partition coefficient (Wildman–Crippen LogP) is 3.75. The van der Waals surface area contributed by atoms with Crippen LogP contribution in [0, 0.1) is 0 Å². The van der Waals surface area contributed by atoms with Gasteiger partial charge in [-0.1, -0.05) is 48.5 Å². The molecule has 0 saturated heterocycles. The zero-order chi connectivity index (χ0) is 14.8. The van der Waals surface area contributed by atoms with Gasteiger partial charge in [0, 0.05) is 12.3 Å². The number of nitrogens with zero attached hydrogens (tertiary/aromatic N) is 1. The maximum absolute atomic E-state index is 12.2. The summed E-state index contributed by atoms with van der Waals surface area (Å²) in [6.07, 6.45) is -0.319. The average Bonchev–Trinajstić information content (AvgIpc) is 2.86. The van der Waals surface area contributed by atoms with Crippen LogP contribution in [0.5, 0.6) is 0 Å². The fourth-order valence-corrected chi connectivity index (χ4v) is 3.23. The molecule has 3 nitrogen and oxygen atoms in total. The number of fused-ring (bicyclic) bond motifs is 3. The van der Waals surface area contributed by atoms with Crippen LogP contribution in [0.1, 0.15) is 17.2 Å². The first-order valence-corrected chi connectivity index (χ1v) is 7.55. The minimum absolute atomic E-state index is 0.100. The summed E-state index contributed by atoms with van der Waals surface area (Å²) in [6.45, 7) is 0.545. The highest BCUT2D eigenvalue weighted by Crippen LogP contribution is 2.46. The van der Waals surface area contributed by atoms with Crippen molar-refractivity contribution in [1.82, 2.24) is 4.90 Å². The number of carbonyl (C=O) groups excluding carboxylic acids is 1. The summed E-state index contributed by atoms with van der Waals surface area (Å²) in [5.74, 6) is 0.593. The normalized spacial score (nSPS) is 12.7. The number of thiol groups is 1. The molecule has 0 spiro atoms. The summed E-state index contributed by atoms with van der Waals surface area (Å²) in [5, 5.41) is 0. The second kappa shape index (κ2) is 5.82. The van der Waals surface area contributed by atoms with E-state index in [0.29, 0.717) is 12.3 Å². The van der Waals surface area contributed by atoms with Crippen molar-refractivity contribution in [1.29, 1.82) is 0 Å². The Morgan fingerprint density at radius 2 is 1.62 bits per heavy atom. The smallest absolute Gasteiger partial charge is 0.410 e. The molecule has 2 aromatic rings. The zero-order valence-corrected chi connectivity index (χ0v) is 12.7. The third-order valence-corrected chi connectivity index (χ3v) is 4.06. The molecular formula is C17H17NO2S. The second-order valence-corrected chi connectivity index (χ2v) is 5.41. The molecule has 4 heteroatoms. The van der Waals surface area contributed by atoms with Crippen LogP contribution in [-0.4, -0.2) is 30.4 Å². The van der Waals surface area contributed by atoms with Gasteiger partial charge in [-0.15, -0.1) is 0 Å². The van der Waals surface area contributed by atoms with Crippen LogP contribution in [0.25, 0.3) is 11.1 Å². The van der Waals surface area contributed by atoms with Crippen molar-refractivity contribution in [3.05, 3.63) is 59.7 Å². The maximum atomic E-state index is 12.2. The number of ether oxygens (including phenoxy) is 1. The van der Waals surface area contributed by atoms with Crippen molar-refractivity contribution in [2.45, 2.75) is 6.04 Å². The minimum Gasteiger partial charge on any atom is -0.453 e. The fraction of sp³-hybridized carbons (Fsp3) is 0.235. The van der Waals surface area contributed by atoms with E-state index >= 15 is 0 Å². The number of carbonyl (C=O) groups is 1. The van der Waals surface area contributed by atoms with Gasteiger partial charge < -0.3 is 4.74 Å². The molecule has 108 valence electrons. The Morgan fingerprint density at radius 1 is 1.10 bits per heavy atom. The molecular weight excluding hydrogens is 282 g/mol. The summed E-state index contributed by atoms with van der Waals surface area (Å²) in [4.78, 5) is 13.9. The van der Waals surface area contributed by atoms with Gasteiger partial charge in [0.2, 0.25) is 0 Å². The van der Waals surface area contributed by atoms with E-state index in [1.165, 1.54) is 18.2 Å². The maximum Gasteiger partial charge on any atom is 0.410 e. The largest absolute Gasteiger partial charge is 0.453 e. The molecule has 0 aliphatic heterocycles. The van der Waals surface area contributed by atoms with Crippen LogP contribution < -0.4 is 0 Å². The molecule has 0 unspecified atom stereocenters. The molecule has 3 rings (SSSR count). The topological polar surface area (TPSA) is 29.5 Å². The van der Waals surface area contributed by atoms with E-state index < -0.39 is 0 Å². The number of amides is 1. The number of hydrogen-bond acceptors (Lipinski definition) is 3. The molecule has 21 heavy (non-hydrogen) atoms. The van der Waals surface area contributed by atoms with E-state index in [1.807, 2.05) is 24.3 Å². The molecule has 1 aliphatic rings. The molecule has 2 aromatic carbocycles. The Balaban J connectivity index is 2.15. The fourth-order valence-electron chi connectivity index (χ4n) is 3.02. The standard InChI is InChI=1S/C17H17NO2S/c1-20-17(19)18(10-11-21)16-14-8-4-2-6-12(14)13-7-3-5-9-15(13)16/h2-9,16,21H,10-11H2,1H3. The Kier molecular flexibility index (Phi) is 3.88. The summed E-state index contributed by atoms with van der Waals surface area (Å²) in [7, 11) is 1.42. The van der Waals surface area contributed by atoms with Crippen molar-refractivity contribution in [3.8, 4) is 11.1 Å². The third kappa shape index (κ3) is 2.29. The number of hydrogen-bond donors (Lipinski definition) is 1. The molecule has 0 radical (unpaired) electrons. The van der Waals surface area contributed by atoms with Crippen LogP contribution >= 0.6 is 12.6 Å². The van der Waals surface area contributed by atoms with Crippen LogP contribution in [-0.2, 0) is 4.74 Å². The lowest BCUT2D eigenvalue weighted by Crippen LogP contribution is -2.36. The first-order chi connectivity index (χ1) is 10.3. The third-order valence-electron chi connectivity index (χ3n) is 3.86. The summed E-state index contributed by atoms with van der Waals surface area (Å²) < 4.78 is 4.96. The number of rotatable bonds is 3. The lowest BCUT2D eigenvalue weighted by Gasteiger charge is -2.28. The quantitative estimate of drug-likeness (QED) is 0.875. The van der Waals surface area contributed by atoms with E-state index in [4.69, 9.17) is 4.74 Å².